The van der Waals surface area contributed by atoms with Gasteiger partial charge in [0.05, 0.1) is 28.3 Å². The van der Waals surface area contributed by atoms with Gasteiger partial charge in [-0.2, -0.15) is 0 Å². The van der Waals surface area contributed by atoms with Crippen LogP contribution in [0, 0.1) is 0 Å². The largest absolute Gasteiger partial charge is 0.339 e. The van der Waals surface area contributed by atoms with Crippen LogP contribution in [0.15, 0.2) is 48.5 Å². The molecule has 0 saturated carbocycles. The molecule has 0 aliphatic carbocycles. The second-order valence-electron chi connectivity index (χ2n) is 7.82. The number of nitrogens with one attached hydrogen (secondary N) is 1. The Balaban J connectivity index is 1.46. The van der Waals surface area contributed by atoms with E-state index < -0.39 is 6.04 Å². The monoisotopic (exact) mass is 462 g/mol. The zero-order valence-electron chi connectivity index (χ0n) is 17.9. The molecule has 2 aromatic carbocycles. The lowest BCUT2D eigenvalue weighted by Gasteiger charge is -2.36. The topological polar surface area (TPSA) is 55.9 Å². The average Bonchev–Trinajstić information content (AvgIpc) is 2.77. The molecule has 0 spiro atoms. The number of carbonyl (C=O) groups is 2. The van der Waals surface area contributed by atoms with Crippen molar-refractivity contribution < 1.29 is 9.59 Å². The van der Waals surface area contributed by atoms with Crippen LogP contribution in [0.2, 0.25) is 10.0 Å². The normalized spacial score (nSPS) is 15.7. The van der Waals surface area contributed by atoms with Crippen molar-refractivity contribution in [3.05, 3.63) is 64.1 Å². The number of nitrogens with zero attached hydrogens (tertiary/aromatic N) is 3. The highest BCUT2D eigenvalue weighted by atomic mass is 35.5. The maximum atomic E-state index is 12.8. The number of benzene rings is 2. The summed E-state index contributed by atoms with van der Waals surface area (Å²) in [4.78, 5) is 31.3. The summed E-state index contributed by atoms with van der Waals surface area (Å²) in [7, 11) is 1.77. The smallest absolute Gasteiger partial charge is 0.241 e. The van der Waals surface area contributed by atoms with Crippen LogP contribution >= 0.6 is 23.2 Å². The summed E-state index contributed by atoms with van der Waals surface area (Å²) in [6.07, 6.45) is 0. The molecule has 6 nitrogen and oxygen atoms in total. The Morgan fingerprint density at radius 2 is 1.71 bits per heavy atom. The number of likely N-dealkylation sites (N-methyl/N-ethyl adjacent to an activating group) is 1. The minimum Gasteiger partial charge on any atom is -0.339 e. The molecule has 0 unspecified atom stereocenters. The minimum atomic E-state index is -0.502. The third-order valence-electron chi connectivity index (χ3n) is 5.61. The van der Waals surface area contributed by atoms with E-state index in [2.05, 4.69) is 22.3 Å². The van der Waals surface area contributed by atoms with Crippen molar-refractivity contribution in [1.82, 2.24) is 14.7 Å². The molecule has 2 aromatic rings. The van der Waals surface area contributed by atoms with Crippen molar-refractivity contribution in [3.63, 3.8) is 0 Å². The maximum absolute atomic E-state index is 12.8. The van der Waals surface area contributed by atoms with Gasteiger partial charge in [-0.25, -0.2) is 0 Å². The molecule has 2 amide bonds. The van der Waals surface area contributed by atoms with Crippen molar-refractivity contribution in [2.24, 2.45) is 0 Å². The quantitative estimate of drug-likeness (QED) is 0.682. The highest BCUT2D eigenvalue weighted by molar-refractivity contribution is 6.44. The van der Waals surface area contributed by atoms with E-state index in [1.807, 2.05) is 23.1 Å². The highest BCUT2D eigenvalue weighted by Gasteiger charge is 2.25. The van der Waals surface area contributed by atoms with Crippen LogP contribution in [-0.4, -0.2) is 72.3 Å². The lowest BCUT2D eigenvalue weighted by molar-refractivity contribution is -0.135. The van der Waals surface area contributed by atoms with E-state index in [1.165, 1.54) is 5.56 Å². The summed E-state index contributed by atoms with van der Waals surface area (Å²) in [5.74, 6) is -0.213. The lowest BCUT2D eigenvalue weighted by atomic mass is 10.2. The van der Waals surface area contributed by atoms with Crippen molar-refractivity contribution in [1.29, 1.82) is 0 Å². The standard InChI is InChI=1S/C23H28Cl2N4O2/c1-17(23(31)26-20-10-6-9-19(24)22(20)25)27(2)16-21(30)29-13-11-28(12-14-29)15-18-7-4-3-5-8-18/h3-10,17H,11-16H2,1-2H3,(H,26,31)/t17-/m1/s1. The van der Waals surface area contributed by atoms with E-state index in [4.69, 9.17) is 23.2 Å². The fourth-order valence-electron chi connectivity index (χ4n) is 3.48. The highest BCUT2D eigenvalue weighted by Crippen LogP contribution is 2.29. The van der Waals surface area contributed by atoms with E-state index in [1.54, 1.807) is 37.1 Å². The molecule has 166 valence electrons. The Bertz CT molecular complexity index is 902. The fraction of sp³-hybridized carbons (Fsp3) is 0.391. The molecule has 8 heteroatoms. The van der Waals surface area contributed by atoms with E-state index >= 15 is 0 Å². The predicted molar refractivity (Wildman–Crippen MR) is 125 cm³/mol. The number of amides is 2. The van der Waals surface area contributed by atoms with Gasteiger partial charge in [0.2, 0.25) is 11.8 Å². The first-order chi connectivity index (χ1) is 14.8. The van der Waals surface area contributed by atoms with Crippen molar-refractivity contribution >= 4 is 40.7 Å². The molecule has 1 aliphatic rings. The SMILES string of the molecule is C[C@H](C(=O)Nc1cccc(Cl)c1Cl)N(C)CC(=O)N1CCN(Cc2ccccc2)CC1. The van der Waals surface area contributed by atoms with Gasteiger partial charge in [0.25, 0.3) is 0 Å². The van der Waals surface area contributed by atoms with Gasteiger partial charge in [0.15, 0.2) is 0 Å². The molecule has 0 bridgehead atoms. The second kappa shape index (κ2) is 11.0. The van der Waals surface area contributed by atoms with Gasteiger partial charge < -0.3 is 10.2 Å². The molecule has 0 aromatic heterocycles. The molecule has 1 fully saturated rings. The zero-order valence-corrected chi connectivity index (χ0v) is 19.4. The van der Waals surface area contributed by atoms with Crippen LogP contribution in [0.5, 0.6) is 0 Å². The number of carbonyl (C=O) groups excluding carboxylic acids is 2. The Morgan fingerprint density at radius 3 is 2.39 bits per heavy atom. The van der Waals surface area contributed by atoms with Gasteiger partial charge in [-0.3, -0.25) is 19.4 Å². The third kappa shape index (κ3) is 6.43. The average molecular weight is 463 g/mol. The molecule has 0 radical (unpaired) electrons. The molecular weight excluding hydrogens is 435 g/mol. The van der Waals surface area contributed by atoms with Crippen LogP contribution in [0.25, 0.3) is 0 Å². The van der Waals surface area contributed by atoms with Crippen LogP contribution in [0.3, 0.4) is 0 Å². The van der Waals surface area contributed by atoms with E-state index in [9.17, 15) is 9.59 Å². The second-order valence-corrected chi connectivity index (χ2v) is 8.61. The summed E-state index contributed by atoms with van der Waals surface area (Å²) in [5, 5.41) is 3.46. The maximum Gasteiger partial charge on any atom is 0.241 e. The predicted octanol–water partition coefficient (Wildman–Crippen LogP) is 3.60. The first kappa shape index (κ1) is 23.5. The summed E-state index contributed by atoms with van der Waals surface area (Å²) in [5.41, 5.74) is 1.74. The lowest BCUT2D eigenvalue weighted by Crippen LogP contribution is -2.52. The van der Waals surface area contributed by atoms with E-state index in [0.29, 0.717) is 28.8 Å². The Morgan fingerprint density at radius 1 is 1.03 bits per heavy atom. The third-order valence-corrected chi connectivity index (χ3v) is 6.43. The fourth-order valence-corrected chi connectivity index (χ4v) is 3.83. The summed E-state index contributed by atoms with van der Waals surface area (Å²) >= 11 is 12.1. The number of halogens is 2. The molecule has 1 heterocycles. The van der Waals surface area contributed by atoms with Gasteiger partial charge in [-0.1, -0.05) is 59.6 Å². The molecule has 1 N–H and O–H groups in total. The van der Waals surface area contributed by atoms with Gasteiger partial charge in [-0.05, 0) is 31.7 Å². The molecule has 3 rings (SSSR count). The van der Waals surface area contributed by atoms with Crippen molar-refractivity contribution in [2.45, 2.75) is 19.5 Å². The van der Waals surface area contributed by atoms with E-state index in [-0.39, 0.29) is 18.4 Å². The first-order valence-electron chi connectivity index (χ1n) is 10.3. The van der Waals surface area contributed by atoms with Gasteiger partial charge >= 0.3 is 0 Å². The Hall–Kier alpha value is -2.12. The minimum absolute atomic E-state index is 0.0299. The number of hydrogen-bond acceptors (Lipinski definition) is 4. The molecule has 31 heavy (non-hydrogen) atoms. The summed E-state index contributed by atoms with van der Waals surface area (Å²) < 4.78 is 0. The van der Waals surface area contributed by atoms with Gasteiger partial charge in [-0.15, -0.1) is 0 Å². The van der Waals surface area contributed by atoms with Crippen LogP contribution < -0.4 is 5.32 Å². The molecular formula is C23H28Cl2N4O2. The molecule has 1 aliphatic heterocycles. The van der Waals surface area contributed by atoms with Crippen molar-refractivity contribution in [2.75, 3.05) is 45.1 Å². The molecule has 1 atom stereocenters. The molecule has 1 saturated heterocycles. The Labute approximate surface area is 193 Å². The number of anilines is 1. The van der Waals surface area contributed by atoms with Gasteiger partial charge in [0.1, 0.15) is 0 Å². The van der Waals surface area contributed by atoms with Crippen LogP contribution in [-0.2, 0) is 16.1 Å². The Kier molecular flexibility index (Phi) is 8.32. The number of rotatable bonds is 7. The number of hydrogen-bond donors (Lipinski definition) is 1. The summed E-state index contributed by atoms with van der Waals surface area (Å²) in [6, 6.07) is 14.9. The zero-order chi connectivity index (χ0) is 22.4. The van der Waals surface area contributed by atoms with Gasteiger partial charge in [0, 0.05) is 32.7 Å². The van der Waals surface area contributed by atoms with E-state index in [0.717, 1.165) is 19.6 Å². The van der Waals surface area contributed by atoms with Crippen LogP contribution in [0.1, 0.15) is 12.5 Å². The van der Waals surface area contributed by atoms with Crippen molar-refractivity contribution in [3.8, 4) is 0 Å². The first-order valence-corrected chi connectivity index (χ1v) is 11.1. The summed E-state index contributed by atoms with van der Waals surface area (Å²) in [6.45, 7) is 5.90. The van der Waals surface area contributed by atoms with Crippen LogP contribution in [0.4, 0.5) is 5.69 Å². The number of piperazine rings is 1.